The molecule has 5 rings (SSSR count). The van der Waals surface area contributed by atoms with Crippen molar-refractivity contribution in [2.45, 2.75) is 6.04 Å². The van der Waals surface area contributed by atoms with E-state index in [4.69, 9.17) is 9.47 Å². The molecule has 9 heteroatoms. The highest BCUT2D eigenvalue weighted by molar-refractivity contribution is 6.02. The van der Waals surface area contributed by atoms with E-state index >= 15 is 0 Å². The molecule has 1 aliphatic rings. The number of carbonyl (C=O) groups is 2. The maximum absolute atomic E-state index is 13.1. The number of carbonyl (C=O) groups excluding carboxylic acids is 2. The predicted octanol–water partition coefficient (Wildman–Crippen LogP) is 3.22. The van der Waals surface area contributed by atoms with Gasteiger partial charge in [-0.05, 0) is 36.3 Å². The third kappa shape index (κ3) is 5.55. The van der Waals surface area contributed by atoms with Crippen molar-refractivity contribution in [3.05, 3.63) is 102 Å². The van der Waals surface area contributed by atoms with Crippen molar-refractivity contribution < 1.29 is 19.1 Å². The summed E-state index contributed by atoms with van der Waals surface area (Å²) in [6.45, 7) is -0.0824. The number of rotatable bonds is 4. The first-order valence-electron chi connectivity index (χ1n) is 11.4. The molecule has 2 amide bonds. The van der Waals surface area contributed by atoms with Crippen molar-refractivity contribution in [1.82, 2.24) is 20.3 Å². The van der Waals surface area contributed by atoms with Gasteiger partial charge in [0.2, 0.25) is 0 Å². The molecule has 4 heterocycles. The number of nitrogens with one attached hydrogen (secondary N) is 1. The van der Waals surface area contributed by atoms with E-state index in [0.29, 0.717) is 34.3 Å². The second-order valence-corrected chi connectivity index (χ2v) is 8.04. The number of ether oxygens (including phenoxy) is 2. The van der Waals surface area contributed by atoms with Gasteiger partial charge in [0.05, 0.1) is 0 Å². The van der Waals surface area contributed by atoms with Gasteiger partial charge >= 0.3 is 0 Å². The van der Waals surface area contributed by atoms with E-state index in [1.54, 1.807) is 49.8 Å². The average molecular weight is 492 g/mol. The molecule has 3 aromatic heterocycles. The Labute approximate surface area is 213 Å². The van der Waals surface area contributed by atoms with Crippen LogP contribution in [0.3, 0.4) is 0 Å². The molecule has 0 saturated heterocycles. The number of benzene rings is 1. The van der Waals surface area contributed by atoms with E-state index in [9.17, 15) is 9.59 Å². The molecular formula is C28H21N5O4. The minimum Gasteiger partial charge on any atom is -0.487 e. The number of para-hydroxylation sites is 1. The van der Waals surface area contributed by atoms with Crippen LogP contribution in [0.2, 0.25) is 0 Å². The second-order valence-electron chi connectivity index (χ2n) is 8.04. The predicted molar refractivity (Wildman–Crippen MR) is 135 cm³/mol. The van der Waals surface area contributed by atoms with Crippen LogP contribution >= 0.6 is 0 Å². The SMILES string of the molecule is CN1C(=O)C(NC(=O)c2cc(Oc3ccccc3)ccn2)COc2cc(C#Cc3ccccn3)cnc21. The molecule has 37 heavy (non-hydrogen) atoms. The highest BCUT2D eigenvalue weighted by Gasteiger charge is 2.32. The van der Waals surface area contributed by atoms with Crippen LogP contribution in [0.5, 0.6) is 17.2 Å². The van der Waals surface area contributed by atoms with Crippen LogP contribution < -0.4 is 19.7 Å². The fourth-order valence-corrected chi connectivity index (χ4v) is 3.58. The molecule has 4 aromatic rings. The molecule has 1 aromatic carbocycles. The van der Waals surface area contributed by atoms with Crippen molar-refractivity contribution in [3.63, 3.8) is 0 Å². The molecule has 1 unspecified atom stereocenters. The van der Waals surface area contributed by atoms with E-state index in [0.717, 1.165) is 0 Å². The van der Waals surface area contributed by atoms with Crippen LogP contribution in [0, 0.1) is 11.8 Å². The lowest BCUT2D eigenvalue weighted by atomic mass is 10.2. The third-order valence-corrected chi connectivity index (χ3v) is 5.43. The van der Waals surface area contributed by atoms with Crippen LogP contribution in [0.15, 0.2) is 85.3 Å². The number of anilines is 1. The number of aromatic nitrogens is 3. The third-order valence-electron chi connectivity index (χ3n) is 5.43. The second kappa shape index (κ2) is 10.6. The Hall–Kier alpha value is -5.23. The Balaban J connectivity index is 1.29. The van der Waals surface area contributed by atoms with Crippen molar-refractivity contribution in [3.8, 4) is 29.1 Å². The molecule has 0 aliphatic carbocycles. The Bertz CT molecular complexity index is 1500. The van der Waals surface area contributed by atoms with Crippen molar-refractivity contribution >= 4 is 17.6 Å². The largest absolute Gasteiger partial charge is 0.487 e. The van der Waals surface area contributed by atoms with E-state index in [1.165, 1.54) is 17.2 Å². The van der Waals surface area contributed by atoms with E-state index < -0.39 is 11.9 Å². The fraction of sp³-hybridized carbons (Fsp3) is 0.107. The number of pyridine rings is 3. The average Bonchev–Trinajstić information content (AvgIpc) is 3.05. The lowest BCUT2D eigenvalue weighted by molar-refractivity contribution is -0.120. The zero-order chi connectivity index (χ0) is 25.6. The Morgan fingerprint density at radius 1 is 1.00 bits per heavy atom. The van der Waals surface area contributed by atoms with Crippen molar-refractivity contribution in [2.24, 2.45) is 0 Å². The van der Waals surface area contributed by atoms with Gasteiger partial charge in [-0.3, -0.25) is 19.5 Å². The Morgan fingerprint density at radius 3 is 2.65 bits per heavy atom. The maximum Gasteiger partial charge on any atom is 0.270 e. The monoisotopic (exact) mass is 491 g/mol. The zero-order valence-corrected chi connectivity index (χ0v) is 19.8. The van der Waals surface area contributed by atoms with Gasteiger partial charge in [-0.25, -0.2) is 9.97 Å². The van der Waals surface area contributed by atoms with E-state index in [-0.39, 0.29) is 18.2 Å². The standard InChI is InChI=1S/C28H21N5O4/c1-33-26-25(15-19(17-31-26)10-11-20-7-5-6-13-29-20)36-18-24(28(33)35)32-27(34)23-16-22(12-14-30-23)37-21-8-3-2-4-9-21/h2-9,12-17,24H,18H2,1H3,(H,32,34). The van der Waals surface area contributed by atoms with E-state index in [1.807, 2.05) is 30.3 Å². The van der Waals surface area contributed by atoms with Gasteiger partial charge in [0.1, 0.15) is 35.5 Å². The quantitative estimate of drug-likeness (QED) is 0.437. The summed E-state index contributed by atoms with van der Waals surface area (Å²) < 4.78 is 11.6. The number of amides is 2. The molecule has 0 spiro atoms. The topological polar surface area (TPSA) is 107 Å². The number of hydrogen-bond donors (Lipinski definition) is 1. The summed E-state index contributed by atoms with van der Waals surface area (Å²) in [7, 11) is 1.58. The summed E-state index contributed by atoms with van der Waals surface area (Å²) in [4.78, 5) is 40.0. The van der Waals surface area contributed by atoms with Crippen LogP contribution in [-0.2, 0) is 4.79 Å². The van der Waals surface area contributed by atoms with Gasteiger partial charge in [0, 0.05) is 43.3 Å². The molecule has 0 bridgehead atoms. The normalized spacial score (nSPS) is 14.4. The smallest absolute Gasteiger partial charge is 0.270 e. The number of fused-ring (bicyclic) bond motifs is 1. The van der Waals surface area contributed by atoms with Gasteiger partial charge in [-0.1, -0.05) is 30.2 Å². The fourth-order valence-electron chi connectivity index (χ4n) is 3.58. The summed E-state index contributed by atoms with van der Waals surface area (Å²) in [6, 6.07) is 18.6. The van der Waals surface area contributed by atoms with Gasteiger partial charge in [0.25, 0.3) is 11.8 Å². The molecular weight excluding hydrogens is 470 g/mol. The highest BCUT2D eigenvalue weighted by Crippen LogP contribution is 2.29. The van der Waals surface area contributed by atoms with Gasteiger partial charge in [0.15, 0.2) is 11.6 Å². The molecule has 1 atom stereocenters. The highest BCUT2D eigenvalue weighted by atomic mass is 16.5. The molecule has 0 radical (unpaired) electrons. The van der Waals surface area contributed by atoms with Gasteiger partial charge in [-0.2, -0.15) is 0 Å². The van der Waals surface area contributed by atoms with Crippen LogP contribution in [0.25, 0.3) is 0 Å². The first-order valence-corrected chi connectivity index (χ1v) is 11.4. The number of likely N-dealkylation sites (N-methyl/N-ethyl adjacent to an activating group) is 1. The van der Waals surface area contributed by atoms with Gasteiger partial charge < -0.3 is 14.8 Å². The molecule has 0 fully saturated rings. The summed E-state index contributed by atoms with van der Waals surface area (Å²) in [6.07, 6.45) is 4.69. The first kappa shape index (κ1) is 23.5. The molecule has 0 saturated carbocycles. The lowest BCUT2D eigenvalue weighted by Crippen LogP contribution is -2.49. The lowest BCUT2D eigenvalue weighted by Gasteiger charge is -2.19. The molecule has 1 N–H and O–H groups in total. The molecule has 182 valence electrons. The van der Waals surface area contributed by atoms with Gasteiger partial charge in [-0.15, -0.1) is 0 Å². The minimum atomic E-state index is -0.949. The van der Waals surface area contributed by atoms with E-state index in [2.05, 4.69) is 32.1 Å². The Morgan fingerprint density at radius 2 is 1.84 bits per heavy atom. The summed E-state index contributed by atoms with van der Waals surface area (Å²) in [5.74, 6) is 6.85. The van der Waals surface area contributed by atoms with Crippen LogP contribution in [0.1, 0.15) is 21.7 Å². The first-order chi connectivity index (χ1) is 18.1. The maximum atomic E-state index is 13.1. The summed E-state index contributed by atoms with van der Waals surface area (Å²) in [5.41, 5.74) is 1.34. The van der Waals surface area contributed by atoms with Crippen molar-refractivity contribution in [1.29, 1.82) is 0 Å². The molecule has 9 nitrogen and oxygen atoms in total. The zero-order valence-electron chi connectivity index (χ0n) is 19.8. The van der Waals surface area contributed by atoms with Crippen LogP contribution in [-0.4, -0.2) is 46.5 Å². The number of hydrogen-bond acceptors (Lipinski definition) is 7. The molecule has 1 aliphatic heterocycles. The Kier molecular flexibility index (Phi) is 6.72. The van der Waals surface area contributed by atoms with Crippen LogP contribution in [0.4, 0.5) is 5.82 Å². The van der Waals surface area contributed by atoms with Crippen molar-refractivity contribution in [2.75, 3.05) is 18.6 Å². The summed E-state index contributed by atoms with van der Waals surface area (Å²) >= 11 is 0. The summed E-state index contributed by atoms with van der Waals surface area (Å²) in [5, 5.41) is 2.71. The minimum absolute atomic E-state index is 0.0824. The number of nitrogens with zero attached hydrogens (tertiary/aromatic N) is 4.